The number of aromatic nitrogens is 1. The predicted octanol–water partition coefficient (Wildman–Crippen LogP) is 4.80. The summed E-state index contributed by atoms with van der Waals surface area (Å²) in [6, 6.07) is 16.4. The summed E-state index contributed by atoms with van der Waals surface area (Å²) in [7, 11) is -3.92. The number of fused-ring (bicyclic) bond motifs is 1. The Kier molecular flexibility index (Phi) is 7.28. The van der Waals surface area contributed by atoms with Gasteiger partial charge in [0.1, 0.15) is 4.90 Å². The highest BCUT2D eigenvalue weighted by atomic mass is 32.2. The van der Waals surface area contributed by atoms with Crippen LogP contribution in [0.25, 0.3) is 10.9 Å². The van der Waals surface area contributed by atoms with Crippen molar-refractivity contribution in [3.63, 3.8) is 0 Å². The number of piperazine rings is 1. The number of hydrogen-bond donors (Lipinski definition) is 1. The molecule has 2 heterocycles. The quantitative estimate of drug-likeness (QED) is 0.347. The number of pyridine rings is 1. The van der Waals surface area contributed by atoms with E-state index in [0.29, 0.717) is 47.4 Å². The van der Waals surface area contributed by atoms with Crippen LogP contribution in [0.5, 0.6) is 0 Å². The van der Waals surface area contributed by atoms with Crippen LogP contribution in [0, 0.1) is 17.5 Å². The zero-order chi connectivity index (χ0) is 27.7. The monoisotopic (exact) mass is 554 g/mol. The molecule has 202 valence electrons. The minimum absolute atomic E-state index is 0.0542. The molecule has 1 aliphatic heterocycles. The van der Waals surface area contributed by atoms with E-state index in [1.807, 2.05) is 11.8 Å². The number of rotatable bonds is 6. The van der Waals surface area contributed by atoms with Gasteiger partial charge in [0.15, 0.2) is 17.5 Å². The van der Waals surface area contributed by atoms with Crippen LogP contribution < -0.4 is 4.72 Å². The van der Waals surface area contributed by atoms with Crippen molar-refractivity contribution >= 4 is 32.5 Å². The summed E-state index contributed by atoms with van der Waals surface area (Å²) in [4.78, 5) is 21.1. The van der Waals surface area contributed by atoms with E-state index in [0.717, 1.165) is 12.1 Å². The number of halogens is 3. The first-order valence-corrected chi connectivity index (χ1v) is 13.7. The zero-order valence-electron chi connectivity index (χ0n) is 20.9. The van der Waals surface area contributed by atoms with Gasteiger partial charge in [0.25, 0.3) is 15.9 Å². The first kappa shape index (κ1) is 26.6. The van der Waals surface area contributed by atoms with Gasteiger partial charge in [0.05, 0.1) is 5.52 Å². The Morgan fingerprint density at radius 3 is 2.38 bits per heavy atom. The van der Waals surface area contributed by atoms with Gasteiger partial charge < -0.3 is 4.90 Å². The van der Waals surface area contributed by atoms with Crippen molar-refractivity contribution in [3.05, 3.63) is 102 Å². The number of para-hydroxylation sites is 1. The summed E-state index contributed by atoms with van der Waals surface area (Å²) in [5.41, 5.74) is 1.38. The maximum Gasteiger partial charge on any atom is 0.264 e. The Morgan fingerprint density at radius 2 is 1.69 bits per heavy atom. The van der Waals surface area contributed by atoms with Crippen LogP contribution in [0.4, 0.5) is 18.9 Å². The maximum atomic E-state index is 13.6. The highest BCUT2D eigenvalue weighted by Gasteiger charge is 2.28. The third-order valence-electron chi connectivity index (χ3n) is 6.69. The molecule has 1 saturated heterocycles. The largest absolute Gasteiger partial charge is 0.333 e. The lowest BCUT2D eigenvalue weighted by Gasteiger charge is -2.40. The molecule has 0 saturated carbocycles. The number of amides is 1. The van der Waals surface area contributed by atoms with Crippen molar-refractivity contribution in [2.24, 2.45) is 0 Å². The normalized spacial score (nSPS) is 16.4. The average Bonchev–Trinajstić information content (AvgIpc) is 2.91. The number of sulfonamides is 1. The Morgan fingerprint density at radius 1 is 1.00 bits per heavy atom. The van der Waals surface area contributed by atoms with E-state index in [9.17, 15) is 26.4 Å². The summed E-state index contributed by atoms with van der Waals surface area (Å²) >= 11 is 0. The highest BCUT2D eigenvalue weighted by molar-refractivity contribution is 7.93. The summed E-state index contributed by atoms with van der Waals surface area (Å²) in [6.07, 6.45) is 1.53. The van der Waals surface area contributed by atoms with Crippen LogP contribution in [0.3, 0.4) is 0 Å². The third kappa shape index (κ3) is 5.59. The van der Waals surface area contributed by atoms with E-state index in [1.165, 1.54) is 24.4 Å². The van der Waals surface area contributed by atoms with Gasteiger partial charge in [-0.2, -0.15) is 0 Å². The molecule has 1 amide bonds. The Hall–Kier alpha value is -3.96. The smallest absolute Gasteiger partial charge is 0.264 e. The van der Waals surface area contributed by atoms with Crippen molar-refractivity contribution in [2.75, 3.05) is 24.4 Å². The van der Waals surface area contributed by atoms with E-state index in [1.54, 1.807) is 41.3 Å². The lowest BCUT2D eigenvalue weighted by molar-refractivity contribution is 0.0475. The Labute approximate surface area is 223 Å². The van der Waals surface area contributed by atoms with Crippen LogP contribution >= 0.6 is 0 Å². The lowest BCUT2D eigenvalue weighted by atomic mass is 10.1. The third-order valence-corrected chi connectivity index (χ3v) is 8.10. The van der Waals surface area contributed by atoms with E-state index >= 15 is 0 Å². The number of benzene rings is 3. The minimum Gasteiger partial charge on any atom is -0.333 e. The van der Waals surface area contributed by atoms with Gasteiger partial charge in [-0.1, -0.05) is 18.2 Å². The highest BCUT2D eigenvalue weighted by Crippen LogP contribution is 2.24. The molecule has 39 heavy (non-hydrogen) atoms. The van der Waals surface area contributed by atoms with Gasteiger partial charge in [0.2, 0.25) is 0 Å². The maximum absolute atomic E-state index is 13.6. The van der Waals surface area contributed by atoms with Gasteiger partial charge in [-0.05, 0) is 61.0 Å². The average molecular weight is 555 g/mol. The van der Waals surface area contributed by atoms with Crippen molar-refractivity contribution in [1.82, 2.24) is 14.8 Å². The molecule has 1 aliphatic rings. The number of hydrogen-bond acceptors (Lipinski definition) is 5. The summed E-state index contributed by atoms with van der Waals surface area (Å²) < 4.78 is 69.0. The predicted molar refractivity (Wildman–Crippen MR) is 141 cm³/mol. The van der Waals surface area contributed by atoms with Crippen LogP contribution in [0.15, 0.2) is 77.8 Å². The van der Waals surface area contributed by atoms with Gasteiger partial charge in [-0.15, -0.1) is 0 Å². The molecule has 3 aromatic carbocycles. The molecule has 11 heteroatoms. The van der Waals surface area contributed by atoms with E-state index in [-0.39, 0.29) is 23.4 Å². The molecule has 1 fully saturated rings. The van der Waals surface area contributed by atoms with Crippen LogP contribution in [0.2, 0.25) is 0 Å². The number of nitrogens with one attached hydrogen (secondary N) is 1. The molecular formula is C28H25F3N4O3S. The summed E-state index contributed by atoms with van der Waals surface area (Å²) in [5, 5.41) is 0.701. The second-order valence-electron chi connectivity index (χ2n) is 9.47. The molecule has 7 nitrogen and oxygen atoms in total. The molecule has 0 bridgehead atoms. The fourth-order valence-electron chi connectivity index (χ4n) is 4.79. The number of anilines is 1. The molecule has 0 radical (unpaired) electrons. The number of nitrogens with zero attached hydrogens (tertiary/aromatic N) is 3. The molecular weight excluding hydrogens is 529 g/mol. The van der Waals surface area contributed by atoms with Crippen molar-refractivity contribution in [1.29, 1.82) is 0 Å². The van der Waals surface area contributed by atoms with Crippen LogP contribution in [-0.4, -0.2) is 54.8 Å². The number of carbonyl (C=O) groups excluding carboxylic acids is 1. The van der Waals surface area contributed by atoms with Gasteiger partial charge in [-0.3, -0.25) is 19.4 Å². The molecule has 0 spiro atoms. The molecule has 1 atom stereocenters. The first-order chi connectivity index (χ1) is 18.6. The fourth-order valence-corrected chi connectivity index (χ4v) is 6.02. The molecule has 1 N–H and O–H groups in total. The van der Waals surface area contributed by atoms with Gasteiger partial charge in [0, 0.05) is 55.1 Å². The summed E-state index contributed by atoms with van der Waals surface area (Å²) in [5.74, 6) is -4.17. The standard InChI is InChI=1S/C28H25F3N4O3S/c1-18-16-34(17-19-14-23(29)26(31)24(30)15-19)12-13-35(18)28(36)21-7-9-22(10-8-21)33-39(37,38)25-6-2-4-20-5-3-11-32-27(20)25/h2-11,14-15,18,33H,12-13,16-17H2,1H3. The molecule has 0 aliphatic carbocycles. The topological polar surface area (TPSA) is 82.6 Å². The molecule has 4 aromatic rings. The minimum atomic E-state index is -3.92. The lowest BCUT2D eigenvalue weighted by Crippen LogP contribution is -2.53. The van der Waals surface area contributed by atoms with Gasteiger partial charge in [-0.25, -0.2) is 21.6 Å². The second-order valence-corrected chi connectivity index (χ2v) is 11.1. The van der Waals surface area contributed by atoms with E-state index in [2.05, 4.69) is 9.71 Å². The van der Waals surface area contributed by atoms with E-state index in [4.69, 9.17) is 0 Å². The second kappa shape index (κ2) is 10.7. The van der Waals surface area contributed by atoms with Crippen molar-refractivity contribution < 1.29 is 26.4 Å². The molecule has 1 aromatic heterocycles. The fraction of sp³-hybridized carbons (Fsp3) is 0.214. The van der Waals surface area contributed by atoms with Gasteiger partial charge >= 0.3 is 0 Å². The Bertz CT molecular complexity index is 1620. The Balaban J connectivity index is 1.24. The SMILES string of the molecule is CC1CN(Cc2cc(F)c(F)c(F)c2)CCN1C(=O)c1ccc(NS(=O)(=O)c2cccc3cccnc23)cc1. The van der Waals surface area contributed by atoms with Crippen LogP contribution in [0.1, 0.15) is 22.8 Å². The van der Waals surface area contributed by atoms with Crippen molar-refractivity contribution in [2.45, 2.75) is 24.4 Å². The molecule has 5 rings (SSSR count). The van der Waals surface area contributed by atoms with Crippen LogP contribution in [-0.2, 0) is 16.6 Å². The van der Waals surface area contributed by atoms with Crippen molar-refractivity contribution in [3.8, 4) is 0 Å². The first-order valence-electron chi connectivity index (χ1n) is 12.3. The van der Waals surface area contributed by atoms with E-state index < -0.39 is 27.5 Å². The number of carbonyl (C=O) groups is 1. The zero-order valence-corrected chi connectivity index (χ0v) is 21.8. The molecule has 1 unspecified atom stereocenters. The summed E-state index contributed by atoms with van der Waals surface area (Å²) in [6.45, 7) is 3.41.